The van der Waals surface area contributed by atoms with E-state index in [0.29, 0.717) is 0 Å². The zero-order chi connectivity index (χ0) is 16.8. The Morgan fingerprint density at radius 2 is 1.04 bits per heavy atom. The van der Waals surface area contributed by atoms with Crippen LogP contribution in [0.4, 0.5) is 4.39 Å². The van der Waals surface area contributed by atoms with E-state index in [2.05, 4.69) is 0 Å². The number of hydrogen-bond donors (Lipinski definition) is 0. The molecule has 3 aromatic carbocycles. The first kappa shape index (κ1) is 16.7. The van der Waals surface area contributed by atoms with Gasteiger partial charge in [0.1, 0.15) is 0 Å². The standard InChI is InChI=1S/3C6H5.C2H3FO2.Sn/c3*1-2-4-6-5-3-1;3-1-2(4)5;/h3*1-5H;1H2,(H,4,5);/q;;;;+1/p-1. The molecule has 0 N–H and O–H groups in total. The van der Waals surface area contributed by atoms with Crippen LogP contribution in [-0.4, -0.2) is 31.4 Å². The monoisotopic (exact) mass is 428 g/mol. The molecule has 0 saturated heterocycles. The molecule has 0 heterocycles. The normalized spacial score (nSPS) is 11.0. The van der Waals surface area contributed by atoms with Gasteiger partial charge in [0.05, 0.1) is 0 Å². The molecule has 3 rings (SSSR count). The molecule has 0 amide bonds. The molecule has 3 aromatic rings. The first-order valence-electron chi connectivity index (χ1n) is 7.72. The molecule has 0 spiro atoms. The predicted octanol–water partition coefficient (Wildman–Crippen LogP) is 2.17. The van der Waals surface area contributed by atoms with Crippen LogP contribution in [0.2, 0.25) is 0 Å². The van der Waals surface area contributed by atoms with Crippen LogP contribution in [0.5, 0.6) is 0 Å². The number of benzene rings is 3. The number of carbonyl (C=O) groups excluding carboxylic acids is 1. The van der Waals surface area contributed by atoms with Crippen molar-refractivity contribution in [3.8, 4) is 0 Å². The van der Waals surface area contributed by atoms with Gasteiger partial charge in [0.15, 0.2) is 0 Å². The van der Waals surface area contributed by atoms with E-state index in [4.69, 9.17) is 3.07 Å². The van der Waals surface area contributed by atoms with E-state index in [0.717, 1.165) is 10.7 Å². The summed E-state index contributed by atoms with van der Waals surface area (Å²) >= 11 is -4.08. The van der Waals surface area contributed by atoms with Crippen molar-refractivity contribution in [1.29, 1.82) is 0 Å². The van der Waals surface area contributed by atoms with E-state index in [1.165, 1.54) is 0 Å². The zero-order valence-corrected chi connectivity index (χ0v) is 15.9. The van der Waals surface area contributed by atoms with E-state index in [-0.39, 0.29) is 0 Å². The second-order valence-corrected chi connectivity index (χ2v) is 14.8. The average molecular weight is 427 g/mol. The molecular weight excluding hydrogens is 410 g/mol. The third kappa shape index (κ3) is 3.22. The van der Waals surface area contributed by atoms with Gasteiger partial charge in [0.2, 0.25) is 0 Å². The topological polar surface area (TPSA) is 26.3 Å². The Morgan fingerprint density at radius 3 is 1.33 bits per heavy atom. The van der Waals surface area contributed by atoms with Crippen molar-refractivity contribution in [2.24, 2.45) is 0 Å². The quantitative estimate of drug-likeness (QED) is 0.584. The van der Waals surface area contributed by atoms with E-state index in [1.54, 1.807) is 0 Å². The second-order valence-electron chi connectivity index (χ2n) is 5.39. The van der Waals surface area contributed by atoms with Gasteiger partial charge in [-0.05, 0) is 0 Å². The van der Waals surface area contributed by atoms with Crippen molar-refractivity contribution in [2.75, 3.05) is 6.67 Å². The maximum atomic E-state index is 13.0. The number of rotatable bonds is 5. The summed E-state index contributed by atoms with van der Waals surface area (Å²) in [6, 6.07) is 29.2. The molecule has 0 aliphatic carbocycles. The van der Waals surface area contributed by atoms with Crippen molar-refractivity contribution >= 4 is 35.5 Å². The molecule has 0 radical (unpaired) electrons. The van der Waals surface area contributed by atoms with Gasteiger partial charge in [-0.2, -0.15) is 0 Å². The fourth-order valence-electron chi connectivity index (χ4n) is 2.89. The van der Waals surface area contributed by atoms with Crippen molar-refractivity contribution in [3.05, 3.63) is 91.0 Å². The summed E-state index contributed by atoms with van der Waals surface area (Å²) in [7, 11) is 0. The molecule has 24 heavy (non-hydrogen) atoms. The first-order valence-corrected chi connectivity index (χ1v) is 13.2. The summed E-state index contributed by atoms with van der Waals surface area (Å²) in [5.41, 5.74) is 0. The number of alkyl halides is 1. The summed E-state index contributed by atoms with van der Waals surface area (Å²) in [5, 5.41) is 0. The Hall–Kier alpha value is -2.14. The zero-order valence-electron chi connectivity index (χ0n) is 13.1. The third-order valence-corrected chi connectivity index (χ3v) is 15.3. The van der Waals surface area contributed by atoms with Gasteiger partial charge in [-0.15, -0.1) is 0 Å². The summed E-state index contributed by atoms with van der Waals surface area (Å²) in [4.78, 5) is 12.0. The molecule has 120 valence electrons. The Morgan fingerprint density at radius 1 is 0.708 bits per heavy atom. The van der Waals surface area contributed by atoms with Gasteiger partial charge >= 0.3 is 145 Å². The van der Waals surface area contributed by atoms with Crippen molar-refractivity contribution in [2.45, 2.75) is 0 Å². The molecule has 2 nitrogen and oxygen atoms in total. The molecule has 0 aromatic heterocycles. The molecule has 0 aliphatic heterocycles. The molecule has 0 fully saturated rings. The molecule has 0 aliphatic rings. The fraction of sp³-hybridized carbons (Fsp3) is 0.0500. The maximum absolute atomic E-state index is 13.0. The van der Waals surface area contributed by atoms with Gasteiger partial charge < -0.3 is 0 Å². The fourth-order valence-corrected chi connectivity index (χ4v) is 13.6. The van der Waals surface area contributed by atoms with Gasteiger partial charge in [0, 0.05) is 0 Å². The predicted molar refractivity (Wildman–Crippen MR) is 96.0 cm³/mol. The van der Waals surface area contributed by atoms with E-state index < -0.39 is 31.4 Å². The number of halogens is 1. The molecule has 0 saturated carbocycles. The van der Waals surface area contributed by atoms with Crippen molar-refractivity contribution in [3.63, 3.8) is 0 Å². The third-order valence-electron chi connectivity index (χ3n) is 3.92. The number of hydrogen-bond acceptors (Lipinski definition) is 2. The van der Waals surface area contributed by atoms with Crippen LogP contribution in [0.25, 0.3) is 0 Å². The van der Waals surface area contributed by atoms with Crippen LogP contribution in [0.1, 0.15) is 0 Å². The van der Waals surface area contributed by atoms with Crippen LogP contribution in [0, 0.1) is 0 Å². The summed E-state index contributed by atoms with van der Waals surface area (Å²) in [6.07, 6.45) is 0. The minimum absolute atomic E-state index is 0.803. The SMILES string of the molecule is O=C(CF)[O][Sn]([c]1ccccc1)([c]1ccccc1)[c]1ccccc1. The summed E-state index contributed by atoms with van der Waals surface area (Å²) < 4.78 is 21.9. The average Bonchev–Trinajstić information content (AvgIpc) is 2.68. The Bertz CT molecular complexity index is 695. The Balaban J connectivity index is 2.30. The second kappa shape index (κ2) is 7.62. The number of carbonyl (C=O) groups is 1. The van der Waals surface area contributed by atoms with Crippen LogP contribution in [0.3, 0.4) is 0 Å². The minimum atomic E-state index is -4.08. The first-order chi connectivity index (χ1) is 11.8. The summed E-state index contributed by atoms with van der Waals surface area (Å²) in [5.74, 6) is -0.803. The molecule has 0 unspecified atom stereocenters. The van der Waals surface area contributed by atoms with E-state index >= 15 is 0 Å². The van der Waals surface area contributed by atoms with Crippen LogP contribution < -0.4 is 10.7 Å². The van der Waals surface area contributed by atoms with Gasteiger partial charge in [-0.25, -0.2) is 0 Å². The van der Waals surface area contributed by atoms with E-state index in [1.807, 2.05) is 91.0 Å². The molecule has 4 heteroatoms. The van der Waals surface area contributed by atoms with Crippen LogP contribution in [0.15, 0.2) is 91.0 Å². The van der Waals surface area contributed by atoms with Crippen LogP contribution >= 0.6 is 0 Å². The summed E-state index contributed by atoms with van der Waals surface area (Å²) in [6.45, 7) is -1.12. The van der Waals surface area contributed by atoms with Gasteiger partial charge in [0.25, 0.3) is 0 Å². The molecule has 0 atom stereocenters. The molecular formula is C20H17FO2Sn. The van der Waals surface area contributed by atoms with E-state index in [9.17, 15) is 9.18 Å². The van der Waals surface area contributed by atoms with Crippen molar-refractivity contribution in [1.82, 2.24) is 0 Å². The van der Waals surface area contributed by atoms with Crippen LogP contribution in [-0.2, 0) is 7.87 Å². The van der Waals surface area contributed by atoms with Gasteiger partial charge in [-0.1, -0.05) is 0 Å². The van der Waals surface area contributed by atoms with Gasteiger partial charge in [-0.3, -0.25) is 0 Å². The molecule has 0 bridgehead atoms. The Labute approximate surface area is 145 Å². The van der Waals surface area contributed by atoms with Crippen molar-refractivity contribution < 1.29 is 12.3 Å². The Kier molecular flexibility index (Phi) is 5.30.